The summed E-state index contributed by atoms with van der Waals surface area (Å²) in [5, 5.41) is 0. The van der Waals surface area contributed by atoms with E-state index < -0.39 is 0 Å². The highest BCUT2D eigenvalue weighted by atomic mass is 14.7. The van der Waals surface area contributed by atoms with Gasteiger partial charge in [-0.3, -0.25) is 0 Å². The van der Waals surface area contributed by atoms with Crippen LogP contribution < -0.4 is 5.73 Å². The molecule has 1 heteroatoms. The smallest absolute Gasteiger partial charge is 0.00902 e. The molecule has 0 aliphatic heterocycles. The summed E-state index contributed by atoms with van der Waals surface area (Å²) < 4.78 is 0. The summed E-state index contributed by atoms with van der Waals surface area (Å²) in [6, 6.07) is 0.461. The highest BCUT2D eigenvalue weighted by Crippen LogP contribution is 2.35. The average Bonchev–Trinajstić information content (AvgIpc) is 1.86. The van der Waals surface area contributed by atoms with Gasteiger partial charge in [-0.25, -0.2) is 0 Å². The van der Waals surface area contributed by atoms with E-state index in [-0.39, 0.29) is 0 Å². The molecule has 0 heterocycles. The van der Waals surface area contributed by atoms with Gasteiger partial charge < -0.3 is 5.73 Å². The molecule has 2 N–H and O–H groups in total. The van der Waals surface area contributed by atoms with E-state index in [1.807, 2.05) is 0 Å². The summed E-state index contributed by atoms with van der Waals surface area (Å²) in [5.41, 5.74) is 6.24. The second kappa shape index (κ2) is 1.73. The maximum Gasteiger partial charge on any atom is 0.00902 e. The van der Waals surface area contributed by atoms with E-state index in [1.165, 1.54) is 19.3 Å². The second-order valence-electron chi connectivity index (χ2n) is 3.49. The molecule has 0 aromatic carbocycles. The quantitative estimate of drug-likeness (QED) is 0.506. The Morgan fingerprint density at radius 1 is 1.50 bits per heavy atom. The lowest BCUT2D eigenvalue weighted by atomic mass is 9.88. The molecule has 0 unspecified atom stereocenters. The molecule has 48 valence electrons. The molecule has 0 radical (unpaired) electrons. The Balaban J connectivity index is 2.54. The van der Waals surface area contributed by atoms with E-state index in [1.54, 1.807) is 0 Å². The summed E-state index contributed by atoms with van der Waals surface area (Å²) in [5.74, 6) is 0. The summed E-state index contributed by atoms with van der Waals surface area (Å²) in [4.78, 5) is 0. The Morgan fingerprint density at radius 2 is 2.12 bits per heavy atom. The maximum absolute atomic E-state index is 5.81. The molecular weight excluding hydrogens is 98.1 g/mol. The number of nitrogens with two attached hydrogens (primary N) is 1. The van der Waals surface area contributed by atoms with Gasteiger partial charge in [-0.1, -0.05) is 20.3 Å². The fourth-order valence-electron chi connectivity index (χ4n) is 1.35. The summed E-state index contributed by atoms with van der Waals surface area (Å²) in [6.45, 7) is 4.51. The third kappa shape index (κ3) is 0.873. The lowest BCUT2D eigenvalue weighted by molar-refractivity contribution is 0.332. The Hall–Kier alpha value is -0.0400. The van der Waals surface area contributed by atoms with Crippen molar-refractivity contribution in [1.29, 1.82) is 0 Å². The fourth-order valence-corrected chi connectivity index (χ4v) is 1.35. The first-order valence-electron chi connectivity index (χ1n) is 3.38. The van der Waals surface area contributed by atoms with Crippen molar-refractivity contribution < 1.29 is 0 Å². The SMILES string of the molecule is CC1(C)CCC[C@@H]1N. The zero-order valence-corrected chi connectivity index (χ0v) is 5.78. The van der Waals surface area contributed by atoms with Crippen LogP contribution in [-0.2, 0) is 0 Å². The van der Waals surface area contributed by atoms with Crippen molar-refractivity contribution in [1.82, 2.24) is 0 Å². The van der Waals surface area contributed by atoms with Crippen molar-refractivity contribution >= 4 is 0 Å². The first-order chi connectivity index (χ1) is 3.63. The van der Waals surface area contributed by atoms with Gasteiger partial charge >= 0.3 is 0 Å². The van der Waals surface area contributed by atoms with Crippen LogP contribution in [0.15, 0.2) is 0 Å². The molecule has 1 rings (SSSR count). The summed E-state index contributed by atoms with van der Waals surface area (Å²) >= 11 is 0. The Labute approximate surface area is 51.3 Å². The van der Waals surface area contributed by atoms with E-state index in [0.29, 0.717) is 11.5 Å². The van der Waals surface area contributed by atoms with Crippen molar-refractivity contribution in [2.45, 2.75) is 39.2 Å². The van der Waals surface area contributed by atoms with Crippen LogP contribution in [0.25, 0.3) is 0 Å². The van der Waals surface area contributed by atoms with E-state index in [2.05, 4.69) is 13.8 Å². The van der Waals surface area contributed by atoms with Gasteiger partial charge in [0, 0.05) is 6.04 Å². The van der Waals surface area contributed by atoms with Gasteiger partial charge in [-0.2, -0.15) is 0 Å². The van der Waals surface area contributed by atoms with Gasteiger partial charge in [0.1, 0.15) is 0 Å². The standard InChI is InChI=1S/C7H15N/c1-7(2)5-3-4-6(7)8/h6H,3-5,8H2,1-2H3/t6-/m0/s1. The van der Waals surface area contributed by atoms with Crippen LogP contribution >= 0.6 is 0 Å². The van der Waals surface area contributed by atoms with Crippen LogP contribution in [0.5, 0.6) is 0 Å². The molecule has 0 aromatic heterocycles. The molecule has 0 bridgehead atoms. The molecule has 1 atom stereocenters. The zero-order chi connectivity index (χ0) is 6.20. The minimum Gasteiger partial charge on any atom is -0.327 e. The van der Waals surface area contributed by atoms with E-state index in [4.69, 9.17) is 5.73 Å². The Morgan fingerprint density at radius 3 is 2.25 bits per heavy atom. The minimum atomic E-state index is 0.431. The second-order valence-corrected chi connectivity index (χ2v) is 3.49. The van der Waals surface area contributed by atoms with Gasteiger partial charge in [0.25, 0.3) is 0 Å². The average molecular weight is 113 g/mol. The maximum atomic E-state index is 5.81. The molecule has 0 aromatic rings. The number of hydrogen-bond donors (Lipinski definition) is 1. The predicted molar refractivity (Wildman–Crippen MR) is 35.6 cm³/mol. The van der Waals surface area contributed by atoms with Crippen LogP contribution in [0.4, 0.5) is 0 Å². The van der Waals surface area contributed by atoms with E-state index >= 15 is 0 Å². The van der Waals surface area contributed by atoms with Gasteiger partial charge in [-0.15, -0.1) is 0 Å². The van der Waals surface area contributed by atoms with Crippen molar-refractivity contribution in [2.24, 2.45) is 11.1 Å². The third-order valence-corrected chi connectivity index (χ3v) is 2.34. The molecule has 1 fully saturated rings. The molecule has 0 saturated heterocycles. The normalized spacial score (nSPS) is 35.6. The Kier molecular flexibility index (Phi) is 1.31. The highest BCUT2D eigenvalue weighted by Gasteiger charge is 2.30. The van der Waals surface area contributed by atoms with Gasteiger partial charge in [0.2, 0.25) is 0 Å². The van der Waals surface area contributed by atoms with E-state index in [9.17, 15) is 0 Å². The van der Waals surface area contributed by atoms with Crippen molar-refractivity contribution in [3.63, 3.8) is 0 Å². The highest BCUT2D eigenvalue weighted by molar-refractivity contribution is 4.87. The number of rotatable bonds is 0. The summed E-state index contributed by atoms with van der Waals surface area (Å²) in [6.07, 6.45) is 3.87. The first-order valence-corrected chi connectivity index (χ1v) is 3.38. The minimum absolute atomic E-state index is 0.431. The van der Waals surface area contributed by atoms with E-state index in [0.717, 1.165) is 0 Å². The van der Waals surface area contributed by atoms with Crippen molar-refractivity contribution in [2.75, 3.05) is 0 Å². The third-order valence-electron chi connectivity index (χ3n) is 2.34. The zero-order valence-electron chi connectivity index (χ0n) is 5.78. The van der Waals surface area contributed by atoms with Gasteiger partial charge in [0.15, 0.2) is 0 Å². The molecule has 1 aliphatic rings. The molecule has 1 nitrogen and oxygen atoms in total. The lowest BCUT2D eigenvalue weighted by Crippen LogP contribution is -2.31. The summed E-state index contributed by atoms with van der Waals surface area (Å²) in [7, 11) is 0. The number of hydrogen-bond acceptors (Lipinski definition) is 1. The van der Waals surface area contributed by atoms with Crippen LogP contribution in [-0.4, -0.2) is 6.04 Å². The first kappa shape index (κ1) is 6.09. The molecule has 0 spiro atoms. The van der Waals surface area contributed by atoms with Crippen LogP contribution in [0.2, 0.25) is 0 Å². The van der Waals surface area contributed by atoms with Crippen LogP contribution in [0.1, 0.15) is 33.1 Å². The van der Waals surface area contributed by atoms with Gasteiger partial charge in [0.05, 0.1) is 0 Å². The van der Waals surface area contributed by atoms with Crippen molar-refractivity contribution in [3.05, 3.63) is 0 Å². The lowest BCUT2D eigenvalue weighted by Gasteiger charge is -2.22. The predicted octanol–water partition coefficient (Wildman–Crippen LogP) is 1.52. The van der Waals surface area contributed by atoms with Gasteiger partial charge in [-0.05, 0) is 18.3 Å². The van der Waals surface area contributed by atoms with Crippen LogP contribution in [0, 0.1) is 5.41 Å². The molecular formula is C7H15N. The molecule has 1 saturated carbocycles. The fraction of sp³-hybridized carbons (Fsp3) is 1.00. The molecule has 1 aliphatic carbocycles. The monoisotopic (exact) mass is 113 g/mol. The molecule has 0 amide bonds. The Bertz CT molecular complexity index is 86.4. The largest absolute Gasteiger partial charge is 0.327 e. The van der Waals surface area contributed by atoms with Crippen molar-refractivity contribution in [3.8, 4) is 0 Å². The topological polar surface area (TPSA) is 26.0 Å². The molecule has 8 heavy (non-hydrogen) atoms. The van der Waals surface area contributed by atoms with Crippen LogP contribution in [0.3, 0.4) is 0 Å².